The summed E-state index contributed by atoms with van der Waals surface area (Å²) in [5.74, 6) is -0.0217. The predicted molar refractivity (Wildman–Crippen MR) is 56.8 cm³/mol. The first-order valence-corrected chi connectivity index (χ1v) is 5.26. The number of aliphatic hydroxyl groups excluding tert-OH is 1. The van der Waals surface area contributed by atoms with Gasteiger partial charge in [-0.1, -0.05) is 13.3 Å². The molecule has 1 amide bonds. The molecule has 0 heterocycles. The topological polar surface area (TPSA) is 75.4 Å². The van der Waals surface area contributed by atoms with E-state index in [4.69, 9.17) is 10.8 Å². The van der Waals surface area contributed by atoms with E-state index in [0.717, 1.165) is 12.8 Å². The summed E-state index contributed by atoms with van der Waals surface area (Å²) in [6.45, 7) is 4.27. The van der Waals surface area contributed by atoms with Crippen LogP contribution in [0.4, 0.5) is 0 Å². The van der Waals surface area contributed by atoms with Gasteiger partial charge in [0.25, 0.3) is 0 Å². The fourth-order valence-corrected chi connectivity index (χ4v) is 1.20. The van der Waals surface area contributed by atoms with Crippen LogP contribution in [0.15, 0.2) is 0 Å². The number of aliphatic hydroxyl groups is 1. The fraction of sp³-hybridized carbons (Fsp3) is 0.900. The minimum Gasteiger partial charge on any atom is -0.393 e. The van der Waals surface area contributed by atoms with Gasteiger partial charge in [-0.15, -0.1) is 0 Å². The van der Waals surface area contributed by atoms with Crippen molar-refractivity contribution in [3.63, 3.8) is 0 Å². The molecule has 84 valence electrons. The van der Waals surface area contributed by atoms with E-state index >= 15 is 0 Å². The van der Waals surface area contributed by atoms with Crippen LogP contribution in [0.3, 0.4) is 0 Å². The Morgan fingerprint density at radius 1 is 1.50 bits per heavy atom. The molecule has 14 heavy (non-hydrogen) atoms. The first-order valence-electron chi connectivity index (χ1n) is 5.26. The Kier molecular flexibility index (Phi) is 7.42. The van der Waals surface area contributed by atoms with E-state index in [1.165, 1.54) is 0 Å². The van der Waals surface area contributed by atoms with Crippen LogP contribution in [0.25, 0.3) is 0 Å². The van der Waals surface area contributed by atoms with Gasteiger partial charge in [-0.05, 0) is 19.8 Å². The Hall–Kier alpha value is -0.610. The van der Waals surface area contributed by atoms with Crippen molar-refractivity contribution < 1.29 is 9.90 Å². The maximum atomic E-state index is 11.2. The molecule has 0 aliphatic heterocycles. The molecule has 0 radical (unpaired) electrons. The lowest BCUT2D eigenvalue weighted by Gasteiger charge is -2.10. The zero-order valence-electron chi connectivity index (χ0n) is 9.12. The number of nitrogens with one attached hydrogen (secondary N) is 1. The van der Waals surface area contributed by atoms with Gasteiger partial charge in [0.1, 0.15) is 0 Å². The number of hydrogen-bond acceptors (Lipinski definition) is 3. The summed E-state index contributed by atoms with van der Waals surface area (Å²) in [5, 5.41) is 11.7. The van der Waals surface area contributed by atoms with Gasteiger partial charge < -0.3 is 16.2 Å². The maximum absolute atomic E-state index is 11.2. The molecule has 0 saturated heterocycles. The van der Waals surface area contributed by atoms with Gasteiger partial charge in [0.05, 0.1) is 6.10 Å². The van der Waals surface area contributed by atoms with Gasteiger partial charge in [0.15, 0.2) is 0 Å². The molecule has 4 heteroatoms. The molecule has 0 aromatic heterocycles. The third kappa shape index (κ3) is 8.01. The van der Waals surface area contributed by atoms with Crippen molar-refractivity contribution >= 4 is 5.91 Å². The molecule has 0 bridgehead atoms. The Morgan fingerprint density at radius 2 is 2.14 bits per heavy atom. The van der Waals surface area contributed by atoms with E-state index in [-0.39, 0.29) is 18.1 Å². The molecule has 0 saturated carbocycles. The first-order chi connectivity index (χ1) is 6.56. The van der Waals surface area contributed by atoms with Crippen LogP contribution in [-0.2, 0) is 4.79 Å². The van der Waals surface area contributed by atoms with Crippen molar-refractivity contribution in [2.75, 3.05) is 6.54 Å². The molecule has 0 fully saturated rings. The second-order valence-corrected chi connectivity index (χ2v) is 3.74. The van der Waals surface area contributed by atoms with Crippen molar-refractivity contribution in [3.05, 3.63) is 0 Å². The highest BCUT2D eigenvalue weighted by Crippen LogP contribution is 1.98. The van der Waals surface area contributed by atoms with Gasteiger partial charge in [-0.2, -0.15) is 0 Å². The van der Waals surface area contributed by atoms with E-state index in [9.17, 15) is 4.79 Å². The van der Waals surface area contributed by atoms with Crippen molar-refractivity contribution in [1.29, 1.82) is 0 Å². The highest BCUT2D eigenvalue weighted by Gasteiger charge is 2.07. The summed E-state index contributed by atoms with van der Waals surface area (Å²) in [6.07, 6.45) is 2.49. The maximum Gasteiger partial charge on any atom is 0.221 e. The number of amides is 1. The zero-order valence-corrected chi connectivity index (χ0v) is 9.12. The Morgan fingerprint density at radius 3 is 2.64 bits per heavy atom. The molecule has 0 aliphatic carbocycles. The predicted octanol–water partition coefficient (Wildman–Crippen LogP) is 0.391. The van der Waals surface area contributed by atoms with Crippen LogP contribution in [0.2, 0.25) is 0 Å². The summed E-state index contributed by atoms with van der Waals surface area (Å²) in [4.78, 5) is 11.2. The van der Waals surface area contributed by atoms with Crippen LogP contribution in [0, 0.1) is 0 Å². The standard InChI is InChI=1S/C10H22N2O2/c1-3-4-9(11)7-10(14)12-6-5-8(2)13/h8-9,13H,3-7,11H2,1-2H3,(H,12,14). The van der Waals surface area contributed by atoms with Crippen LogP contribution in [-0.4, -0.2) is 29.7 Å². The van der Waals surface area contributed by atoms with Gasteiger partial charge in [0, 0.05) is 19.0 Å². The summed E-state index contributed by atoms with van der Waals surface area (Å²) in [5.41, 5.74) is 5.71. The van der Waals surface area contributed by atoms with Crippen molar-refractivity contribution in [2.24, 2.45) is 5.73 Å². The summed E-state index contributed by atoms with van der Waals surface area (Å²) in [7, 11) is 0. The molecule has 0 spiro atoms. The highest BCUT2D eigenvalue weighted by atomic mass is 16.3. The number of carbonyl (C=O) groups excluding carboxylic acids is 1. The quantitative estimate of drug-likeness (QED) is 0.559. The normalized spacial score (nSPS) is 14.9. The number of carbonyl (C=O) groups is 1. The number of nitrogens with two attached hydrogens (primary N) is 1. The first kappa shape index (κ1) is 13.4. The van der Waals surface area contributed by atoms with Crippen molar-refractivity contribution in [1.82, 2.24) is 5.32 Å². The molecular weight excluding hydrogens is 180 g/mol. The fourth-order valence-electron chi connectivity index (χ4n) is 1.20. The summed E-state index contributed by atoms with van der Waals surface area (Å²) in [6, 6.07) is -0.0356. The Bertz CT molecular complexity index is 160. The monoisotopic (exact) mass is 202 g/mol. The van der Waals surface area contributed by atoms with E-state index in [1.54, 1.807) is 6.92 Å². The molecule has 0 aliphatic rings. The van der Waals surface area contributed by atoms with Gasteiger partial charge in [-0.25, -0.2) is 0 Å². The molecule has 0 aromatic rings. The Labute approximate surface area is 85.9 Å². The molecule has 4 N–H and O–H groups in total. The lowest BCUT2D eigenvalue weighted by molar-refractivity contribution is -0.121. The number of rotatable bonds is 7. The zero-order chi connectivity index (χ0) is 11.0. The van der Waals surface area contributed by atoms with E-state index in [1.807, 2.05) is 6.92 Å². The molecule has 0 rings (SSSR count). The van der Waals surface area contributed by atoms with E-state index in [0.29, 0.717) is 19.4 Å². The van der Waals surface area contributed by atoms with Gasteiger partial charge in [-0.3, -0.25) is 4.79 Å². The average Bonchev–Trinajstić information content (AvgIpc) is 2.03. The minimum absolute atomic E-state index is 0.0217. The van der Waals surface area contributed by atoms with Crippen molar-refractivity contribution in [2.45, 2.75) is 51.7 Å². The molecular formula is C10H22N2O2. The minimum atomic E-state index is -0.361. The summed E-state index contributed by atoms with van der Waals surface area (Å²) >= 11 is 0. The van der Waals surface area contributed by atoms with Crippen LogP contribution in [0.5, 0.6) is 0 Å². The van der Waals surface area contributed by atoms with Crippen molar-refractivity contribution in [3.8, 4) is 0 Å². The molecule has 0 aromatic carbocycles. The van der Waals surface area contributed by atoms with Crippen LogP contribution < -0.4 is 11.1 Å². The van der Waals surface area contributed by atoms with Gasteiger partial charge in [0.2, 0.25) is 5.91 Å². The van der Waals surface area contributed by atoms with Gasteiger partial charge >= 0.3 is 0 Å². The van der Waals surface area contributed by atoms with E-state index < -0.39 is 0 Å². The lowest BCUT2D eigenvalue weighted by atomic mass is 10.1. The smallest absolute Gasteiger partial charge is 0.221 e. The SMILES string of the molecule is CCCC(N)CC(=O)NCCC(C)O. The second kappa shape index (κ2) is 7.76. The largest absolute Gasteiger partial charge is 0.393 e. The van der Waals surface area contributed by atoms with Crippen LogP contribution >= 0.6 is 0 Å². The molecule has 2 atom stereocenters. The summed E-state index contributed by atoms with van der Waals surface area (Å²) < 4.78 is 0. The highest BCUT2D eigenvalue weighted by molar-refractivity contribution is 5.76. The Balaban J connectivity index is 3.45. The average molecular weight is 202 g/mol. The third-order valence-electron chi connectivity index (χ3n) is 1.99. The molecule has 4 nitrogen and oxygen atoms in total. The number of hydrogen-bond donors (Lipinski definition) is 3. The lowest BCUT2D eigenvalue weighted by Crippen LogP contribution is -2.32. The second-order valence-electron chi connectivity index (χ2n) is 3.74. The van der Waals surface area contributed by atoms with Crippen LogP contribution in [0.1, 0.15) is 39.5 Å². The molecule has 2 unspecified atom stereocenters. The third-order valence-corrected chi connectivity index (χ3v) is 1.99. The van der Waals surface area contributed by atoms with E-state index in [2.05, 4.69) is 5.32 Å².